The molecule has 0 aliphatic heterocycles. The largest absolute Gasteiger partial charge is 0.472 e. The molecule has 0 heterocycles. The van der Waals surface area contributed by atoms with Crippen LogP contribution >= 0.6 is 7.82 Å². The van der Waals surface area contributed by atoms with E-state index in [0.29, 0.717) is 19.3 Å². The molecule has 0 fully saturated rings. The first kappa shape index (κ1) is 71.7. The van der Waals surface area contributed by atoms with Crippen LogP contribution in [-0.2, 0) is 42.2 Å². The van der Waals surface area contributed by atoms with Gasteiger partial charge in [-0.2, -0.15) is 0 Å². The Morgan fingerprint density at radius 3 is 1.04 bits per heavy atom. The van der Waals surface area contributed by atoms with Crippen LogP contribution in [0, 0.1) is 0 Å². The fourth-order valence-corrected chi connectivity index (χ4v) is 9.58. The molecule has 0 radical (unpaired) electrons. The Morgan fingerprint density at radius 2 is 0.662 bits per heavy atom. The number of rotatable bonds is 58. The second-order valence-corrected chi connectivity index (χ2v) is 22.3. The lowest BCUT2D eigenvalue weighted by Crippen LogP contribution is -2.30. The number of aliphatic hydroxyl groups excluding tert-OH is 1. The summed E-state index contributed by atoms with van der Waals surface area (Å²) in [5.41, 5.74) is 0. The number of aliphatic hydroxyl groups is 1. The van der Waals surface area contributed by atoms with Gasteiger partial charge >= 0.3 is 25.7 Å². The quantitative estimate of drug-likeness (QED) is 0.0197. The van der Waals surface area contributed by atoms with E-state index in [2.05, 4.69) is 57.2 Å². The summed E-state index contributed by atoms with van der Waals surface area (Å²) in [5.74, 6) is -1.47. The van der Waals surface area contributed by atoms with Gasteiger partial charge in [0.05, 0.1) is 19.8 Å². The Hall–Kier alpha value is -2.30. The Morgan fingerprint density at radius 1 is 0.378 bits per heavy atom. The normalized spacial score (nSPS) is 13.5. The van der Waals surface area contributed by atoms with E-state index in [4.69, 9.17) is 23.3 Å². The zero-order valence-corrected chi connectivity index (χ0v) is 49.0. The van der Waals surface area contributed by atoms with Crippen LogP contribution < -0.4 is 0 Å². The van der Waals surface area contributed by atoms with Crippen LogP contribution in [0.4, 0.5) is 0 Å². The molecular formula is C62H115O11P. The highest BCUT2D eigenvalue weighted by molar-refractivity contribution is 7.47. The molecule has 74 heavy (non-hydrogen) atoms. The molecule has 0 bridgehead atoms. The van der Waals surface area contributed by atoms with Crippen molar-refractivity contribution in [2.45, 2.75) is 315 Å². The number of carbonyl (C=O) groups excluding carboxylic acids is 3. The third-order valence-electron chi connectivity index (χ3n) is 13.5. The maximum absolute atomic E-state index is 12.9. The van der Waals surface area contributed by atoms with Crippen molar-refractivity contribution < 1.29 is 52.2 Å². The Balaban J connectivity index is 4.70. The fraction of sp³-hybridized carbons (Fsp3) is 0.855. The molecule has 434 valence electrons. The van der Waals surface area contributed by atoms with Crippen LogP contribution in [0.25, 0.3) is 0 Å². The molecule has 3 atom stereocenters. The lowest BCUT2D eigenvalue weighted by atomic mass is 10.0. The molecule has 0 aliphatic rings. The van der Waals surface area contributed by atoms with Gasteiger partial charge in [0.25, 0.3) is 0 Å². The molecule has 0 spiro atoms. The van der Waals surface area contributed by atoms with E-state index in [0.717, 1.165) is 103 Å². The third kappa shape index (κ3) is 54.5. The average molecular weight is 1070 g/mol. The number of carbonyl (C=O) groups is 3. The minimum atomic E-state index is -4.75. The van der Waals surface area contributed by atoms with Crippen molar-refractivity contribution in [2.75, 3.05) is 26.4 Å². The molecule has 0 aromatic carbocycles. The number of phosphoric acid groups is 1. The SMILES string of the molecule is CCCCC/C=C\C/C=C\CCCCCCCC(=O)OCC(COP(=O)(O)OCC(CO)OC(=O)CCCCCCC/C=C\CCCCCCCC)OC(=O)CCCCCCCCCCCCCCCCCCC. The summed E-state index contributed by atoms with van der Waals surface area (Å²) < 4.78 is 39.6. The standard InChI is InChI=1S/C62H115O11P/c1-4-7-10-13-16-19-22-25-28-29-32-35-38-41-44-47-50-53-62(66)73-59(55-69-60(64)51-48-45-42-39-36-33-30-26-23-20-17-14-11-8-5-2)57-71-74(67,68)70-56-58(54-63)72-61(65)52-49-46-43-40-37-34-31-27-24-21-18-15-12-9-6-3/h17,20,26-27,30-31,58-59,63H,4-16,18-19,21-25,28-29,32-57H2,1-3H3,(H,67,68)/b20-17-,30-26-,31-27-. The number of unbranched alkanes of at least 4 members (excludes halogenated alkanes) is 35. The van der Waals surface area contributed by atoms with Crippen LogP contribution in [0.3, 0.4) is 0 Å². The van der Waals surface area contributed by atoms with E-state index in [9.17, 15) is 28.9 Å². The van der Waals surface area contributed by atoms with Gasteiger partial charge in [0, 0.05) is 19.3 Å². The predicted octanol–water partition coefficient (Wildman–Crippen LogP) is 18.4. The second-order valence-electron chi connectivity index (χ2n) is 20.9. The monoisotopic (exact) mass is 1070 g/mol. The van der Waals surface area contributed by atoms with Gasteiger partial charge < -0.3 is 24.2 Å². The summed E-state index contributed by atoms with van der Waals surface area (Å²) in [6.45, 7) is 4.65. The van der Waals surface area contributed by atoms with Gasteiger partial charge in [-0.05, 0) is 77.0 Å². The second kappa shape index (κ2) is 56.9. The maximum Gasteiger partial charge on any atom is 0.472 e. The Bertz CT molecular complexity index is 1380. The Kier molecular flexibility index (Phi) is 55.1. The van der Waals surface area contributed by atoms with Gasteiger partial charge in [-0.15, -0.1) is 0 Å². The highest BCUT2D eigenvalue weighted by atomic mass is 31.2. The van der Waals surface area contributed by atoms with Crippen LogP contribution in [0.5, 0.6) is 0 Å². The van der Waals surface area contributed by atoms with Crippen molar-refractivity contribution in [3.63, 3.8) is 0 Å². The van der Waals surface area contributed by atoms with Crippen molar-refractivity contribution in [1.29, 1.82) is 0 Å². The van der Waals surface area contributed by atoms with Gasteiger partial charge in [0.1, 0.15) is 12.7 Å². The van der Waals surface area contributed by atoms with Gasteiger partial charge in [-0.25, -0.2) is 4.57 Å². The topological polar surface area (TPSA) is 155 Å². The number of esters is 3. The summed E-state index contributed by atoms with van der Waals surface area (Å²) in [6.07, 6.45) is 59.5. The van der Waals surface area contributed by atoms with Crippen molar-refractivity contribution in [3.05, 3.63) is 36.5 Å². The van der Waals surface area contributed by atoms with E-state index in [-0.39, 0.29) is 25.9 Å². The molecule has 0 saturated heterocycles. The third-order valence-corrected chi connectivity index (χ3v) is 14.5. The van der Waals surface area contributed by atoms with Crippen molar-refractivity contribution in [3.8, 4) is 0 Å². The summed E-state index contributed by atoms with van der Waals surface area (Å²) in [7, 11) is -4.75. The summed E-state index contributed by atoms with van der Waals surface area (Å²) in [6, 6.07) is 0. The molecule has 11 nitrogen and oxygen atoms in total. The number of phosphoric ester groups is 1. The minimum absolute atomic E-state index is 0.169. The fourth-order valence-electron chi connectivity index (χ4n) is 8.79. The van der Waals surface area contributed by atoms with Gasteiger partial charge in [-0.1, -0.05) is 243 Å². The first-order valence-electron chi connectivity index (χ1n) is 30.9. The molecule has 0 amide bonds. The number of hydrogen-bond donors (Lipinski definition) is 2. The molecule has 3 unspecified atom stereocenters. The van der Waals surface area contributed by atoms with Crippen molar-refractivity contribution in [1.82, 2.24) is 0 Å². The summed E-state index contributed by atoms with van der Waals surface area (Å²) in [4.78, 5) is 48.6. The highest BCUT2D eigenvalue weighted by Gasteiger charge is 2.28. The summed E-state index contributed by atoms with van der Waals surface area (Å²) in [5, 5.41) is 9.83. The molecular weight excluding hydrogens is 952 g/mol. The van der Waals surface area contributed by atoms with Crippen molar-refractivity contribution >= 4 is 25.7 Å². The van der Waals surface area contributed by atoms with E-state index >= 15 is 0 Å². The zero-order valence-electron chi connectivity index (χ0n) is 48.1. The van der Waals surface area contributed by atoms with Gasteiger partial charge in [-0.3, -0.25) is 23.4 Å². The van der Waals surface area contributed by atoms with Crippen LogP contribution in [0.15, 0.2) is 36.5 Å². The van der Waals surface area contributed by atoms with Crippen LogP contribution in [0.1, 0.15) is 303 Å². The smallest absolute Gasteiger partial charge is 0.462 e. The minimum Gasteiger partial charge on any atom is -0.462 e. The highest BCUT2D eigenvalue weighted by Crippen LogP contribution is 2.43. The lowest BCUT2D eigenvalue weighted by Gasteiger charge is -2.21. The molecule has 0 aromatic heterocycles. The van der Waals surface area contributed by atoms with Gasteiger partial charge in [0.2, 0.25) is 0 Å². The van der Waals surface area contributed by atoms with E-state index in [1.807, 2.05) is 0 Å². The lowest BCUT2D eigenvalue weighted by molar-refractivity contribution is -0.161. The predicted molar refractivity (Wildman–Crippen MR) is 307 cm³/mol. The maximum atomic E-state index is 12.9. The molecule has 0 rings (SSSR count). The van der Waals surface area contributed by atoms with E-state index < -0.39 is 57.8 Å². The van der Waals surface area contributed by atoms with Crippen LogP contribution in [0.2, 0.25) is 0 Å². The molecule has 0 aliphatic carbocycles. The molecule has 0 aromatic rings. The van der Waals surface area contributed by atoms with Crippen molar-refractivity contribution in [2.24, 2.45) is 0 Å². The number of allylic oxidation sites excluding steroid dienone is 6. The number of ether oxygens (including phenoxy) is 3. The van der Waals surface area contributed by atoms with Crippen LogP contribution in [-0.4, -0.2) is 66.5 Å². The summed E-state index contributed by atoms with van der Waals surface area (Å²) >= 11 is 0. The van der Waals surface area contributed by atoms with E-state index in [1.165, 1.54) is 141 Å². The zero-order chi connectivity index (χ0) is 54.1. The first-order valence-corrected chi connectivity index (χ1v) is 32.4. The van der Waals surface area contributed by atoms with Gasteiger partial charge in [0.15, 0.2) is 6.10 Å². The Labute approximate surface area is 454 Å². The molecule has 2 N–H and O–H groups in total. The first-order chi connectivity index (χ1) is 36.2. The van der Waals surface area contributed by atoms with E-state index in [1.54, 1.807) is 0 Å². The molecule has 12 heteroatoms. The average Bonchev–Trinajstić information content (AvgIpc) is 3.39. The number of hydrogen-bond acceptors (Lipinski definition) is 10. The molecule has 0 saturated carbocycles.